The maximum absolute atomic E-state index is 13.5. The van der Waals surface area contributed by atoms with Crippen molar-refractivity contribution < 1.29 is 4.79 Å². The van der Waals surface area contributed by atoms with Gasteiger partial charge in [-0.2, -0.15) is 0 Å². The summed E-state index contributed by atoms with van der Waals surface area (Å²) in [6.45, 7) is 6.02. The zero-order valence-electron chi connectivity index (χ0n) is 19.6. The number of piperidine rings is 1. The number of benzene rings is 2. The van der Waals surface area contributed by atoms with Crippen LogP contribution in [0.5, 0.6) is 0 Å². The zero-order valence-corrected chi connectivity index (χ0v) is 20.4. The average molecular weight is 476 g/mol. The molecule has 4 aromatic rings. The number of rotatable bonds is 6. The van der Waals surface area contributed by atoms with E-state index in [2.05, 4.69) is 36.2 Å². The van der Waals surface area contributed by atoms with E-state index in [1.807, 2.05) is 45.7 Å². The Kier molecular flexibility index (Phi) is 6.41. The van der Waals surface area contributed by atoms with Crippen LogP contribution in [-0.2, 0) is 4.79 Å². The third kappa shape index (κ3) is 4.11. The molecule has 1 aliphatic rings. The first-order valence-corrected chi connectivity index (χ1v) is 13.0. The number of carbonyl (C=O) groups is 1. The fourth-order valence-corrected chi connectivity index (χ4v) is 5.40. The van der Waals surface area contributed by atoms with Crippen molar-refractivity contribution in [2.75, 3.05) is 18.8 Å². The lowest BCUT2D eigenvalue weighted by Crippen LogP contribution is -2.36. The lowest BCUT2D eigenvalue weighted by molar-refractivity contribution is -0.129. The van der Waals surface area contributed by atoms with Crippen LogP contribution >= 0.6 is 11.8 Å². The maximum atomic E-state index is 13.5. The minimum atomic E-state index is -0.132. The molecule has 3 heterocycles. The van der Waals surface area contributed by atoms with Gasteiger partial charge in [-0.15, -0.1) is 10.2 Å². The summed E-state index contributed by atoms with van der Waals surface area (Å²) in [6, 6.07) is 15.6. The average Bonchev–Trinajstić information content (AvgIpc) is 3.31. The smallest absolute Gasteiger partial charge is 0.267 e. The van der Waals surface area contributed by atoms with E-state index >= 15 is 0 Å². The van der Waals surface area contributed by atoms with Crippen LogP contribution in [0.25, 0.3) is 22.4 Å². The van der Waals surface area contributed by atoms with Gasteiger partial charge < -0.3 is 4.90 Å². The topological polar surface area (TPSA) is 72.5 Å². The molecule has 0 saturated carbocycles. The van der Waals surface area contributed by atoms with E-state index < -0.39 is 0 Å². The number of amides is 1. The van der Waals surface area contributed by atoms with Gasteiger partial charge >= 0.3 is 0 Å². The van der Waals surface area contributed by atoms with Crippen molar-refractivity contribution in [2.24, 2.45) is 0 Å². The van der Waals surface area contributed by atoms with Gasteiger partial charge in [0.2, 0.25) is 11.7 Å². The van der Waals surface area contributed by atoms with Crippen LogP contribution in [0.15, 0.2) is 58.5 Å². The van der Waals surface area contributed by atoms with E-state index in [0.717, 1.165) is 43.6 Å². The van der Waals surface area contributed by atoms with E-state index in [0.29, 0.717) is 28.0 Å². The monoisotopic (exact) mass is 475 g/mol. The van der Waals surface area contributed by atoms with Gasteiger partial charge in [-0.05, 0) is 61.4 Å². The zero-order chi connectivity index (χ0) is 23.7. The van der Waals surface area contributed by atoms with Crippen molar-refractivity contribution >= 4 is 34.3 Å². The van der Waals surface area contributed by atoms with Crippen molar-refractivity contribution in [3.63, 3.8) is 0 Å². The van der Waals surface area contributed by atoms with E-state index in [-0.39, 0.29) is 11.5 Å². The molecule has 1 amide bonds. The van der Waals surface area contributed by atoms with Crippen LogP contribution in [0.4, 0.5) is 0 Å². The second-order valence-corrected chi connectivity index (χ2v) is 9.85. The van der Waals surface area contributed by atoms with Crippen LogP contribution in [0.3, 0.4) is 0 Å². The second-order valence-electron chi connectivity index (χ2n) is 8.91. The van der Waals surface area contributed by atoms with Crippen molar-refractivity contribution in [2.45, 2.75) is 50.6 Å². The van der Waals surface area contributed by atoms with Gasteiger partial charge in [0.05, 0.1) is 22.3 Å². The highest BCUT2D eigenvalue weighted by Crippen LogP contribution is 2.25. The Morgan fingerprint density at radius 1 is 1.03 bits per heavy atom. The first-order valence-electron chi connectivity index (χ1n) is 12.0. The minimum absolute atomic E-state index is 0.125. The SMILES string of the molecule is CCC(C)c1ccc(-n2c(=O)c3ccccc3n3c(SCC(=O)N4CCCCC4)nnc23)cc1. The molecule has 5 rings (SSSR count). The molecule has 1 saturated heterocycles. The van der Waals surface area contributed by atoms with Gasteiger partial charge in [-0.1, -0.05) is 49.9 Å². The second kappa shape index (κ2) is 9.62. The molecule has 8 heteroatoms. The Bertz CT molecular complexity index is 1390. The maximum Gasteiger partial charge on any atom is 0.267 e. The van der Waals surface area contributed by atoms with Crippen molar-refractivity contribution in [1.82, 2.24) is 24.1 Å². The third-order valence-electron chi connectivity index (χ3n) is 6.76. The summed E-state index contributed by atoms with van der Waals surface area (Å²) < 4.78 is 3.51. The van der Waals surface area contributed by atoms with Crippen LogP contribution in [0.1, 0.15) is 51.0 Å². The predicted molar refractivity (Wildman–Crippen MR) is 136 cm³/mol. The summed E-state index contributed by atoms with van der Waals surface area (Å²) in [5, 5.41) is 10.00. The van der Waals surface area contributed by atoms with Crippen LogP contribution in [-0.4, -0.2) is 48.8 Å². The predicted octanol–water partition coefficient (Wildman–Crippen LogP) is 4.65. The molecule has 34 heavy (non-hydrogen) atoms. The number of likely N-dealkylation sites (tertiary alicyclic amines) is 1. The van der Waals surface area contributed by atoms with Crippen molar-refractivity contribution in [3.8, 4) is 5.69 Å². The Balaban J connectivity index is 1.57. The van der Waals surface area contributed by atoms with Crippen LogP contribution in [0, 0.1) is 0 Å². The molecule has 0 N–H and O–H groups in total. The lowest BCUT2D eigenvalue weighted by atomic mass is 9.98. The highest BCUT2D eigenvalue weighted by Gasteiger charge is 2.21. The Hall–Kier alpha value is -3.13. The molecular formula is C26H29N5O2S. The Labute approximate surface area is 202 Å². The van der Waals surface area contributed by atoms with Crippen LogP contribution < -0.4 is 5.56 Å². The summed E-state index contributed by atoms with van der Waals surface area (Å²) in [5.41, 5.74) is 2.60. The molecule has 176 valence electrons. The summed E-state index contributed by atoms with van der Waals surface area (Å²) in [5.74, 6) is 1.33. The fraction of sp³-hybridized carbons (Fsp3) is 0.385. The molecule has 0 bridgehead atoms. The summed E-state index contributed by atoms with van der Waals surface area (Å²) in [4.78, 5) is 28.2. The highest BCUT2D eigenvalue weighted by atomic mass is 32.2. The minimum Gasteiger partial charge on any atom is -0.342 e. The lowest BCUT2D eigenvalue weighted by Gasteiger charge is -2.26. The molecule has 1 unspecified atom stereocenters. The molecule has 2 aromatic carbocycles. The van der Waals surface area contributed by atoms with Gasteiger partial charge in [-0.25, -0.2) is 4.57 Å². The molecule has 1 fully saturated rings. The molecule has 2 aromatic heterocycles. The number of nitrogens with zero attached hydrogens (tertiary/aromatic N) is 5. The number of fused-ring (bicyclic) bond motifs is 3. The number of para-hydroxylation sites is 1. The number of hydrogen-bond acceptors (Lipinski definition) is 5. The largest absolute Gasteiger partial charge is 0.342 e. The fourth-order valence-electron chi connectivity index (χ4n) is 4.55. The van der Waals surface area contributed by atoms with Crippen molar-refractivity contribution in [3.05, 3.63) is 64.4 Å². The summed E-state index contributed by atoms with van der Waals surface area (Å²) in [7, 11) is 0. The molecule has 0 radical (unpaired) electrons. The van der Waals surface area contributed by atoms with E-state index in [4.69, 9.17) is 0 Å². The number of aromatic nitrogens is 4. The van der Waals surface area contributed by atoms with E-state index in [9.17, 15) is 9.59 Å². The number of thioether (sulfide) groups is 1. The first kappa shape index (κ1) is 22.7. The molecule has 1 atom stereocenters. The number of hydrogen-bond donors (Lipinski definition) is 0. The van der Waals surface area contributed by atoms with Crippen LogP contribution in [0.2, 0.25) is 0 Å². The number of carbonyl (C=O) groups excluding carboxylic acids is 1. The Morgan fingerprint density at radius 3 is 2.50 bits per heavy atom. The molecule has 7 nitrogen and oxygen atoms in total. The van der Waals surface area contributed by atoms with E-state index in [1.54, 1.807) is 4.57 Å². The van der Waals surface area contributed by atoms with Gasteiger partial charge in [-0.3, -0.25) is 14.0 Å². The van der Waals surface area contributed by atoms with Gasteiger partial charge in [0.25, 0.3) is 5.56 Å². The van der Waals surface area contributed by atoms with Gasteiger partial charge in [0.1, 0.15) is 0 Å². The standard InChI is InChI=1S/C26H29N5O2S/c1-3-18(2)19-11-13-20(14-12-19)30-24(33)21-9-5-6-10-22(21)31-25(30)27-28-26(31)34-17-23(32)29-15-7-4-8-16-29/h5-6,9-14,18H,3-4,7-8,15-17H2,1-2H3. The first-order chi connectivity index (χ1) is 16.6. The normalized spacial score (nSPS) is 15.2. The third-order valence-corrected chi connectivity index (χ3v) is 7.67. The molecule has 0 spiro atoms. The molecular weight excluding hydrogens is 446 g/mol. The Morgan fingerprint density at radius 2 is 1.76 bits per heavy atom. The quantitative estimate of drug-likeness (QED) is 0.380. The highest BCUT2D eigenvalue weighted by molar-refractivity contribution is 7.99. The van der Waals surface area contributed by atoms with E-state index in [1.165, 1.54) is 23.7 Å². The van der Waals surface area contributed by atoms with Gasteiger partial charge in [0, 0.05) is 13.1 Å². The summed E-state index contributed by atoms with van der Waals surface area (Å²) >= 11 is 1.38. The summed E-state index contributed by atoms with van der Waals surface area (Å²) in [6.07, 6.45) is 4.38. The van der Waals surface area contributed by atoms with Gasteiger partial charge in [0.15, 0.2) is 5.16 Å². The van der Waals surface area contributed by atoms with Crippen molar-refractivity contribution in [1.29, 1.82) is 0 Å². The molecule has 0 aliphatic carbocycles. The molecule has 1 aliphatic heterocycles.